The van der Waals surface area contributed by atoms with Crippen LogP contribution in [0.1, 0.15) is 19.4 Å². The second-order valence-electron chi connectivity index (χ2n) is 4.52. The molecule has 2 N–H and O–H groups in total. The highest BCUT2D eigenvalue weighted by Crippen LogP contribution is 2.10. The van der Waals surface area contributed by atoms with Gasteiger partial charge in [0.2, 0.25) is 5.91 Å². The molecule has 0 aliphatic heterocycles. The highest BCUT2D eigenvalue weighted by Gasteiger charge is 2.11. The Hall–Kier alpha value is -1.13. The highest BCUT2D eigenvalue weighted by atomic mass is 35.5. The van der Waals surface area contributed by atoms with Crippen LogP contribution in [0.3, 0.4) is 0 Å². The van der Waals surface area contributed by atoms with E-state index in [0.717, 1.165) is 12.1 Å². The first-order valence-electron chi connectivity index (χ1n) is 5.58. The molecule has 1 aromatic heterocycles. The summed E-state index contributed by atoms with van der Waals surface area (Å²) < 4.78 is 0. The van der Waals surface area contributed by atoms with Gasteiger partial charge in [0, 0.05) is 19.3 Å². The van der Waals surface area contributed by atoms with Gasteiger partial charge in [0.15, 0.2) is 0 Å². The molecule has 0 bridgehead atoms. The smallest absolute Gasteiger partial charge is 0.231 e. The highest BCUT2D eigenvalue weighted by molar-refractivity contribution is 6.29. The molecule has 1 heterocycles. The molecule has 1 rings (SSSR count). The molecule has 0 spiro atoms. The maximum absolute atomic E-state index is 11.0. The first-order chi connectivity index (χ1) is 7.97. The first kappa shape index (κ1) is 13.9. The van der Waals surface area contributed by atoms with Crippen molar-refractivity contribution in [3.8, 4) is 0 Å². The topological polar surface area (TPSA) is 59.2 Å². The van der Waals surface area contributed by atoms with Crippen LogP contribution >= 0.6 is 11.6 Å². The van der Waals surface area contributed by atoms with E-state index in [1.165, 1.54) is 0 Å². The Morgan fingerprint density at radius 1 is 1.59 bits per heavy atom. The third-order valence-corrected chi connectivity index (χ3v) is 2.41. The maximum atomic E-state index is 11.0. The molecular weight excluding hydrogens is 238 g/mol. The minimum atomic E-state index is -0.314. The van der Waals surface area contributed by atoms with Crippen LogP contribution in [0.15, 0.2) is 18.3 Å². The standard InChI is InChI=1S/C12H18ClN3O/c1-9(2)6-16(8-12(14)17)7-10-3-4-15-11(13)5-10/h3-5,9H,6-8H2,1-2H3,(H2,14,17). The molecule has 0 fully saturated rings. The van der Waals surface area contributed by atoms with E-state index in [4.69, 9.17) is 17.3 Å². The number of hydrogen-bond acceptors (Lipinski definition) is 3. The molecule has 0 aliphatic carbocycles. The summed E-state index contributed by atoms with van der Waals surface area (Å²) >= 11 is 5.82. The minimum Gasteiger partial charge on any atom is -0.369 e. The third-order valence-electron chi connectivity index (χ3n) is 2.20. The Morgan fingerprint density at radius 3 is 2.82 bits per heavy atom. The van der Waals surface area contributed by atoms with Crippen LogP contribution < -0.4 is 5.73 Å². The number of pyridine rings is 1. The molecule has 5 heteroatoms. The quantitative estimate of drug-likeness (QED) is 0.787. The number of nitrogens with two attached hydrogens (primary N) is 1. The summed E-state index contributed by atoms with van der Waals surface area (Å²) in [7, 11) is 0. The summed E-state index contributed by atoms with van der Waals surface area (Å²) in [4.78, 5) is 16.9. The van der Waals surface area contributed by atoms with E-state index >= 15 is 0 Å². The van der Waals surface area contributed by atoms with E-state index in [2.05, 4.69) is 18.8 Å². The number of carbonyl (C=O) groups excluding carboxylic acids is 1. The van der Waals surface area contributed by atoms with Crippen LogP contribution in [0.25, 0.3) is 0 Å². The van der Waals surface area contributed by atoms with E-state index in [9.17, 15) is 4.79 Å². The van der Waals surface area contributed by atoms with Crippen LogP contribution in [-0.2, 0) is 11.3 Å². The maximum Gasteiger partial charge on any atom is 0.231 e. The first-order valence-corrected chi connectivity index (χ1v) is 5.96. The molecule has 0 aromatic carbocycles. The number of nitrogens with zero attached hydrogens (tertiary/aromatic N) is 2. The normalized spacial score (nSPS) is 11.1. The summed E-state index contributed by atoms with van der Waals surface area (Å²) in [5.74, 6) is 0.164. The number of rotatable bonds is 6. The number of primary amides is 1. The number of aromatic nitrogens is 1. The van der Waals surface area contributed by atoms with Crippen molar-refractivity contribution in [2.75, 3.05) is 13.1 Å². The van der Waals surface area contributed by atoms with Crippen LogP contribution in [-0.4, -0.2) is 28.9 Å². The predicted octanol–water partition coefficient (Wildman–Crippen LogP) is 1.68. The largest absolute Gasteiger partial charge is 0.369 e. The van der Waals surface area contributed by atoms with Gasteiger partial charge >= 0.3 is 0 Å². The van der Waals surface area contributed by atoms with E-state index in [1.807, 2.05) is 11.0 Å². The second kappa shape index (κ2) is 6.57. The number of halogens is 1. The van der Waals surface area contributed by atoms with Gasteiger partial charge in [-0.2, -0.15) is 0 Å². The molecule has 0 unspecified atom stereocenters. The molecule has 0 aliphatic rings. The van der Waals surface area contributed by atoms with Crippen LogP contribution in [0, 0.1) is 5.92 Å². The van der Waals surface area contributed by atoms with Gasteiger partial charge in [-0.15, -0.1) is 0 Å². The van der Waals surface area contributed by atoms with E-state index in [0.29, 0.717) is 17.6 Å². The van der Waals surface area contributed by atoms with E-state index < -0.39 is 0 Å². The molecule has 0 atom stereocenters. The van der Waals surface area contributed by atoms with Gasteiger partial charge in [-0.3, -0.25) is 9.69 Å². The molecule has 1 aromatic rings. The number of hydrogen-bond donors (Lipinski definition) is 1. The molecule has 0 radical (unpaired) electrons. The lowest BCUT2D eigenvalue weighted by Crippen LogP contribution is -2.35. The number of amides is 1. The van der Waals surface area contributed by atoms with Gasteiger partial charge in [-0.1, -0.05) is 25.4 Å². The van der Waals surface area contributed by atoms with Crippen molar-refractivity contribution in [1.29, 1.82) is 0 Å². The molecule has 0 saturated heterocycles. The van der Waals surface area contributed by atoms with Gasteiger partial charge in [-0.05, 0) is 23.6 Å². The van der Waals surface area contributed by atoms with E-state index in [1.54, 1.807) is 12.3 Å². The molecule has 0 saturated carbocycles. The average Bonchev–Trinajstić information content (AvgIpc) is 2.14. The summed E-state index contributed by atoms with van der Waals surface area (Å²) in [5, 5.41) is 0.464. The van der Waals surface area contributed by atoms with Crippen molar-refractivity contribution in [3.05, 3.63) is 29.0 Å². The predicted molar refractivity (Wildman–Crippen MR) is 68.6 cm³/mol. The van der Waals surface area contributed by atoms with E-state index in [-0.39, 0.29) is 12.5 Å². The lowest BCUT2D eigenvalue weighted by atomic mass is 10.2. The van der Waals surface area contributed by atoms with Gasteiger partial charge in [0.25, 0.3) is 0 Å². The Kier molecular flexibility index (Phi) is 5.38. The fourth-order valence-electron chi connectivity index (χ4n) is 1.72. The van der Waals surface area contributed by atoms with Crippen molar-refractivity contribution in [1.82, 2.24) is 9.88 Å². The average molecular weight is 256 g/mol. The minimum absolute atomic E-state index is 0.262. The molecule has 4 nitrogen and oxygen atoms in total. The lowest BCUT2D eigenvalue weighted by molar-refractivity contribution is -0.119. The summed E-state index contributed by atoms with van der Waals surface area (Å²) in [6, 6.07) is 3.69. The Morgan fingerprint density at radius 2 is 2.29 bits per heavy atom. The van der Waals surface area contributed by atoms with Crippen LogP contribution in [0.2, 0.25) is 5.15 Å². The zero-order valence-electron chi connectivity index (χ0n) is 10.2. The Balaban J connectivity index is 2.67. The van der Waals surface area contributed by atoms with Crippen molar-refractivity contribution in [3.63, 3.8) is 0 Å². The van der Waals surface area contributed by atoms with Crippen molar-refractivity contribution in [2.45, 2.75) is 20.4 Å². The Labute approximate surface area is 107 Å². The van der Waals surface area contributed by atoms with Gasteiger partial charge in [0.05, 0.1) is 6.54 Å². The summed E-state index contributed by atoms with van der Waals surface area (Å²) in [5.41, 5.74) is 6.27. The molecule has 17 heavy (non-hydrogen) atoms. The number of carbonyl (C=O) groups is 1. The molecule has 1 amide bonds. The van der Waals surface area contributed by atoms with Crippen LogP contribution in [0.5, 0.6) is 0 Å². The zero-order valence-corrected chi connectivity index (χ0v) is 10.9. The van der Waals surface area contributed by atoms with Gasteiger partial charge in [-0.25, -0.2) is 4.98 Å². The lowest BCUT2D eigenvalue weighted by Gasteiger charge is -2.22. The molecular formula is C12H18ClN3O. The SMILES string of the molecule is CC(C)CN(CC(N)=O)Cc1ccnc(Cl)c1. The van der Waals surface area contributed by atoms with Gasteiger partial charge < -0.3 is 5.73 Å². The molecule has 94 valence electrons. The van der Waals surface area contributed by atoms with Crippen molar-refractivity contribution in [2.24, 2.45) is 11.7 Å². The van der Waals surface area contributed by atoms with Gasteiger partial charge in [0.1, 0.15) is 5.15 Å². The summed E-state index contributed by atoms with van der Waals surface area (Å²) in [6.07, 6.45) is 1.66. The van der Waals surface area contributed by atoms with Crippen molar-refractivity contribution >= 4 is 17.5 Å². The third kappa shape index (κ3) is 5.65. The van der Waals surface area contributed by atoms with Crippen LogP contribution in [0.4, 0.5) is 0 Å². The fraction of sp³-hybridized carbons (Fsp3) is 0.500. The second-order valence-corrected chi connectivity index (χ2v) is 4.90. The zero-order chi connectivity index (χ0) is 12.8. The summed E-state index contributed by atoms with van der Waals surface area (Å²) in [6.45, 7) is 5.95. The van der Waals surface area contributed by atoms with Crippen molar-refractivity contribution < 1.29 is 4.79 Å². The fourth-order valence-corrected chi connectivity index (χ4v) is 1.92. The monoisotopic (exact) mass is 255 g/mol. The Bertz CT molecular complexity index is 382.